The van der Waals surface area contributed by atoms with Crippen molar-refractivity contribution in [3.05, 3.63) is 70.7 Å². The molecule has 6 heteroatoms. The molecule has 0 atom stereocenters. The zero-order valence-electron chi connectivity index (χ0n) is 15.3. The predicted octanol–water partition coefficient (Wildman–Crippen LogP) is 4.11. The number of aromatic nitrogens is 1. The minimum absolute atomic E-state index is 0.0794. The lowest BCUT2D eigenvalue weighted by Gasteiger charge is -2.16. The van der Waals surface area contributed by atoms with Gasteiger partial charge in [0.25, 0.3) is 5.91 Å². The number of nitrogens with one attached hydrogen (secondary N) is 1. The molecule has 0 bridgehead atoms. The van der Waals surface area contributed by atoms with Crippen molar-refractivity contribution in [1.82, 2.24) is 10.3 Å². The molecule has 0 aliphatic rings. The maximum Gasteiger partial charge on any atom is 0.251 e. The lowest BCUT2D eigenvalue weighted by molar-refractivity contribution is -0.118. The quantitative estimate of drug-likeness (QED) is 0.701. The van der Waals surface area contributed by atoms with Gasteiger partial charge in [-0.1, -0.05) is 31.2 Å². The van der Waals surface area contributed by atoms with E-state index in [1.54, 1.807) is 17.5 Å². The van der Waals surface area contributed by atoms with E-state index in [2.05, 4.69) is 10.3 Å². The number of anilines is 1. The fraction of sp³-hybridized carbons (Fsp3) is 0.190. The molecule has 0 aliphatic heterocycles. The van der Waals surface area contributed by atoms with Crippen LogP contribution in [0, 0.1) is 0 Å². The second-order valence-corrected chi connectivity index (χ2v) is 6.81. The Morgan fingerprint density at radius 3 is 2.22 bits per heavy atom. The van der Waals surface area contributed by atoms with Crippen molar-refractivity contribution in [3.8, 4) is 11.1 Å². The summed E-state index contributed by atoms with van der Waals surface area (Å²) in [5.74, 6) is -0.0413. The van der Waals surface area contributed by atoms with Crippen LogP contribution in [0.3, 0.4) is 0 Å². The fourth-order valence-electron chi connectivity index (χ4n) is 2.67. The van der Waals surface area contributed by atoms with Gasteiger partial charge in [0.2, 0.25) is 5.91 Å². The maximum absolute atomic E-state index is 12.2. The molecule has 0 radical (unpaired) electrons. The minimum atomic E-state index is -0.121. The summed E-state index contributed by atoms with van der Waals surface area (Å²) in [6.45, 7) is 2.28. The number of nitrogens with zero attached hydrogens (tertiary/aromatic N) is 2. The van der Waals surface area contributed by atoms with Crippen LogP contribution in [0.1, 0.15) is 29.4 Å². The van der Waals surface area contributed by atoms with Crippen LogP contribution < -0.4 is 10.2 Å². The van der Waals surface area contributed by atoms with E-state index in [-0.39, 0.29) is 11.8 Å². The Balaban J connectivity index is 1.66. The molecule has 0 unspecified atom stereocenters. The Bertz CT molecular complexity index is 904. The van der Waals surface area contributed by atoms with Gasteiger partial charge in [0.05, 0.1) is 17.7 Å². The highest BCUT2D eigenvalue weighted by Crippen LogP contribution is 2.23. The van der Waals surface area contributed by atoms with Crippen LogP contribution in [0.25, 0.3) is 11.1 Å². The Kier molecular flexibility index (Phi) is 5.98. The molecule has 2 amide bonds. The van der Waals surface area contributed by atoms with E-state index in [4.69, 9.17) is 0 Å². The van der Waals surface area contributed by atoms with Crippen LogP contribution in [-0.2, 0) is 11.3 Å². The highest BCUT2D eigenvalue weighted by molar-refractivity contribution is 7.07. The molecule has 138 valence electrons. The molecule has 5 nitrogen and oxygen atoms in total. The molecule has 3 aromatic rings. The third kappa shape index (κ3) is 4.60. The third-order valence-electron chi connectivity index (χ3n) is 4.33. The van der Waals surface area contributed by atoms with Gasteiger partial charge in [-0.25, -0.2) is 4.98 Å². The minimum Gasteiger partial charge on any atom is -0.346 e. The van der Waals surface area contributed by atoms with E-state index < -0.39 is 0 Å². The van der Waals surface area contributed by atoms with Gasteiger partial charge in [0.15, 0.2) is 0 Å². The summed E-state index contributed by atoms with van der Waals surface area (Å²) in [7, 11) is 1.78. The average molecular weight is 379 g/mol. The van der Waals surface area contributed by atoms with Crippen molar-refractivity contribution in [2.75, 3.05) is 11.9 Å². The topological polar surface area (TPSA) is 62.3 Å². The molecule has 0 fully saturated rings. The first-order valence-electron chi connectivity index (χ1n) is 8.71. The standard InChI is InChI=1S/C21H21N3O2S/c1-3-20(25)24(2)19-10-8-16(9-11-19)15-4-6-17(7-5-15)21(26)22-12-18-13-27-14-23-18/h4-11,13-14H,3,12H2,1-2H3,(H,22,26). The van der Waals surface area contributed by atoms with Gasteiger partial charge in [-0.05, 0) is 35.4 Å². The van der Waals surface area contributed by atoms with E-state index in [0.717, 1.165) is 22.5 Å². The summed E-state index contributed by atoms with van der Waals surface area (Å²) in [5, 5.41) is 4.78. The van der Waals surface area contributed by atoms with E-state index in [1.807, 2.05) is 60.8 Å². The maximum atomic E-state index is 12.2. The van der Waals surface area contributed by atoms with Gasteiger partial charge in [0.1, 0.15) is 0 Å². The molecule has 1 heterocycles. The molecular weight excluding hydrogens is 358 g/mol. The van der Waals surface area contributed by atoms with Crippen molar-refractivity contribution in [1.29, 1.82) is 0 Å². The van der Waals surface area contributed by atoms with Gasteiger partial charge in [-0.15, -0.1) is 11.3 Å². The van der Waals surface area contributed by atoms with Crippen LogP contribution >= 0.6 is 11.3 Å². The summed E-state index contributed by atoms with van der Waals surface area (Å²) in [4.78, 5) is 29.8. The highest BCUT2D eigenvalue weighted by atomic mass is 32.1. The average Bonchev–Trinajstić information content (AvgIpc) is 3.25. The number of hydrogen-bond acceptors (Lipinski definition) is 4. The zero-order valence-corrected chi connectivity index (χ0v) is 16.1. The molecule has 1 N–H and O–H groups in total. The number of carbonyl (C=O) groups excluding carboxylic acids is 2. The van der Waals surface area contributed by atoms with Crippen molar-refractivity contribution >= 4 is 28.8 Å². The summed E-state index contributed by atoms with van der Waals surface area (Å²) < 4.78 is 0. The summed E-state index contributed by atoms with van der Waals surface area (Å²) in [5.41, 5.74) is 6.13. The summed E-state index contributed by atoms with van der Waals surface area (Å²) in [6.07, 6.45) is 0.476. The molecule has 0 spiro atoms. The van der Waals surface area contributed by atoms with Crippen LogP contribution in [0.5, 0.6) is 0 Å². The van der Waals surface area contributed by atoms with Gasteiger partial charge in [-0.2, -0.15) is 0 Å². The fourth-order valence-corrected chi connectivity index (χ4v) is 3.23. The zero-order chi connectivity index (χ0) is 19.2. The van der Waals surface area contributed by atoms with E-state index in [1.165, 1.54) is 11.3 Å². The Hall–Kier alpha value is -2.99. The lowest BCUT2D eigenvalue weighted by atomic mass is 10.0. The van der Waals surface area contributed by atoms with Crippen molar-refractivity contribution in [2.45, 2.75) is 19.9 Å². The molecular formula is C21H21N3O2S. The number of thiazole rings is 1. The first-order valence-corrected chi connectivity index (χ1v) is 9.65. The normalized spacial score (nSPS) is 10.4. The second kappa shape index (κ2) is 8.60. The third-order valence-corrected chi connectivity index (χ3v) is 4.96. The Labute approximate surface area is 162 Å². The summed E-state index contributed by atoms with van der Waals surface area (Å²) >= 11 is 1.51. The number of rotatable bonds is 6. The SMILES string of the molecule is CCC(=O)N(C)c1ccc(-c2ccc(C(=O)NCc3cscn3)cc2)cc1. The Morgan fingerprint density at radius 2 is 1.67 bits per heavy atom. The van der Waals surface area contributed by atoms with Crippen LogP contribution in [-0.4, -0.2) is 23.8 Å². The molecule has 0 aliphatic carbocycles. The van der Waals surface area contributed by atoms with Gasteiger partial charge >= 0.3 is 0 Å². The lowest BCUT2D eigenvalue weighted by Crippen LogP contribution is -2.24. The number of hydrogen-bond donors (Lipinski definition) is 1. The monoisotopic (exact) mass is 379 g/mol. The van der Waals surface area contributed by atoms with Gasteiger partial charge < -0.3 is 10.2 Å². The van der Waals surface area contributed by atoms with Gasteiger partial charge in [0, 0.05) is 30.1 Å². The molecule has 3 rings (SSSR count). The number of amides is 2. The van der Waals surface area contributed by atoms with Crippen LogP contribution in [0.4, 0.5) is 5.69 Å². The molecule has 0 saturated carbocycles. The molecule has 0 saturated heterocycles. The first kappa shape index (κ1) is 18.8. The molecule has 27 heavy (non-hydrogen) atoms. The van der Waals surface area contributed by atoms with Crippen molar-refractivity contribution in [2.24, 2.45) is 0 Å². The van der Waals surface area contributed by atoms with Crippen molar-refractivity contribution in [3.63, 3.8) is 0 Å². The second-order valence-electron chi connectivity index (χ2n) is 6.09. The van der Waals surface area contributed by atoms with E-state index >= 15 is 0 Å². The largest absolute Gasteiger partial charge is 0.346 e. The first-order chi connectivity index (χ1) is 13.1. The summed E-state index contributed by atoms with van der Waals surface area (Å²) in [6, 6.07) is 15.3. The molecule has 2 aromatic carbocycles. The number of benzene rings is 2. The van der Waals surface area contributed by atoms with Crippen LogP contribution in [0.15, 0.2) is 59.4 Å². The van der Waals surface area contributed by atoms with Crippen LogP contribution in [0.2, 0.25) is 0 Å². The molecule has 1 aromatic heterocycles. The smallest absolute Gasteiger partial charge is 0.251 e. The predicted molar refractivity (Wildman–Crippen MR) is 109 cm³/mol. The number of carbonyl (C=O) groups is 2. The van der Waals surface area contributed by atoms with E-state index in [9.17, 15) is 9.59 Å². The Morgan fingerprint density at radius 1 is 1.04 bits per heavy atom. The van der Waals surface area contributed by atoms with E-state index in [0.29, 0.717) is 18.5 Å². The highest BCUT2D eigenvalue weighted by Gasteiger charge is 2.09. The van der Waals surface area contributed by atoms with Gasteiger partial charge in [-0.3, -0.25) is 9.59 Å². The van der Waals surface area contributed by atoms with Crippen molar-refractivity contribution < 1.29 is 9.59 Å².